The van der Waals surface area contributed by atoms with E-state index in [0.29, 0.717) is 18.4 Å². The molecule has 1 aliphatic carbocycles. The normalized spacial score (nSPS) is 23.8. The van der Waals surface area contributed by atoms with Crippen molar-refractivity contribution in [2.45, 2.75) is 90.0 Å². The van der Waals surface area contributed by atoms with Gasteiger partial charge in [-0.3, -0.25) is 9.59 Å². The Morgan fingerprint density at radius 1 is 1.09 bits per heavy atom. The summed E-state index contributed by atoms with van der Waals surface area (Å²) in [4.78, 5) is 29.6. The van der Waals surface area contributed by atoms with Crippen molar-refractivity contribution in [3.63, 3.8) is 0 Å². The van der Waals surface area contributed by atoms with Crippen LogP contribution in [0.2, 0.25) is 0 Å². The Hall–Kier alpha value is -1.88. The molecule has 0 radical (unpaired) electrons. The first-order valence-electron chi connectivity index (χ1n) is 13.1. The van der Waals surface area contributed by atoms with Gasteiger partial charge >= 0.3 is 0 Å². The number of likely N-dealkylation sites (tertiary alicyclic amines) is 2. The maximum Gasteiger partial charge on any atom is 0.240 e. The molecule has 1 aromatic carbocycles. The van der Waals surface area contributed by atoms with Crippen molar-refractivity contribution >= 4 is 11.8 Å². The first kappa shape index (κ1) is 24.3. The Kier molecular flexibility index (Phi) is 7.47. The summed E-state index contributed by atoms with van der Waals surface area (Å²) in [6, 6.07) is 8.84. The van der Waals surface area contributed by atoms with Crippen LogP contribution in [-0.4, -0.2) is 54.3 Å². The summed E-state index contributed by atoms with van der Waals surface area (Å²) < 4.78 is 0. The molecule has 184 valence electrons. The number of carbonyl (C=O) groups excluding carboxylic acids is 2. The second-order valence-corrected chi connectivity index (χ2v) is 11.8. The van der Waals surface area contributed by atoms with E-state index in [2.05, 4.69) is 55.3 Å². The number of nitrogens with zero attached hydrogens (tertiary/aromatic N) is 2. The summed E-state index contributed by atoms with van der Waals surface area (Å²) in [6.07, 6.45) is 9.37. The van der Waals surface area contributed by atoms with Crippen LogP contribution in [0.1, 0.15) is 97.2 Å². The molecule has 0 unspecified atom stereocenters. The largest absolute Gasteiger partial charge is 0.348 e. The number of fused-ring (bicyclic) bond motifs is 2. The maximum absolute atomic E-state index is 12.9. The zero-order valence-corrected chi connectivity index (χ0v) is 21.0. The third-order valence-electron chi connectivity index (χ3n) is 8.15. The summed E-state index contributed by atoms with van der Waals surface area (Å²) in [5.74, 6) is 0.113. The molecule has 0 saturated carbocycles. The highest BCUT2D eigenvalue weighted by molar-refractivity contribution is 5.85. The Balaban J connectivity index is 0.00000324. The highest BCUT2D eigenvalue weighted by Crippen LogP contribution is 2.48. The quantitative estimate of drug-likeness (QED) is 0.675. The van der Waals surface area contributed by atoms with Crippen LogP contribution in [0.15, 0.2) is 24.3 Å². The third kappa shape index (κ3) is 5.98. The van der Waals surface area contributed by atoms with E-state index in [1.165, 1.54) is 50.0 Å². The van der Waals surface area contributed by atoms with Gasteiger partial charge in [0.2, 0.25) is 11.8 Å². The van der Waals surface area contributed by atoms with Gasteiger partial charge in [-0.05, 0) is 86.5 Å². The first-order valence-corrected chi connectivity index (χ1v) is 13.1. The average molecular weight is 456 g/mol. The van der Waals surface area contributed by atoms with Crippen molar-refractivity contribution in [3.8, 4) is 0 Å². The number of carbonyl (C=O) groups is 2. The lowest BCUT2D eigenvalue weighted by Crippen LogP contribution is -2.47. The molecule has 4 rings (SSSR count). The van der Waals surface area contributed by atoms with E-state index in [9.17, 15) is 9.59 Å². The number of benzene rings is 1. The molecule has 0 aromatic heterocycles. The smallest absolute Gasteiger partial charge is 0.240 e. The number of piperidine rings is 1. The number of nitrogens with one attached hydrogen (secondary N) is 1. The van der Waals surface area contributed by atoms with E-state index >= 15 is 0 Å². The molecule has 0 bridgehead atoms. The van der Waals surface area contributed by atoms with Gasteiger partial charge in [-0.2, -0.15) is 0 Å². The molecule has 1 spiro atoms. The SMILES string of the molecule is CC(C)(C)CCN1CCC2(CC[C@@H](NC(=O)CN3CCCCCC3=O)c3ccccc32)CC1.[HH]. The van der Waals surface area contributed by atoms with Gasteiger partial charge in [0, 0.05) is 14.4 Å². The van der Waals surface area contributed by atoms with Crippen LogP contribution in [0.5, 0.6) is 0 Å². The van der Waals surface area contributed by atoms with Crippen molar-refractivity contribution in [2.75, 3.05) is 32.7 Å². The fourth-order valence-corrected chi connectivity index (χ4v) is 5.98. The van der Waals surface area contributed by atoms with Crippen molar-refractivity contribution in [3.05, 3.63) is 35.4 Å². The second kappa shape index (κ2) is 10.2. The molecule has 2 fully saturated rings. The molecule has 2 aliphatic heterocycles. The minimum atomic E-state index is -0.0157. The van der Waals surface area contributed by atoms with Crippen LogP contribution in [0.25, 0.3) is 0 Å². The lowest BCUT2D eigenvalue weighted by atomic mass is 9.63. The predicted molar refractivity (Wildman–Crippen MR) is 135 cm³/mol. The van der Waals surface area contributed by atoms with Crippen molar-refractivity contribution in [2.24, 2.45) is 5.41 Å². The van der Waals surface area contributed by atoms with Crippen LogP contribution in [-0.2, 0) is 15.0 Å². The fourth-order valence-electron chi connectivity index (χ4n) is 5.98. The van der Waals surface area contributed by atoms with E-state index in [0.717, 1.165) is 32.1 Å². The number of hydrogen-bond donors (Lipinski definition) is 1. The minimum Gasteiger partial charge on any atom is -0.348 e. The number of amides is 2. The Labute approximate surface area is 201 Å². The van der Waals surface area contributed by atoms with Crippen LogP contribution < -0.4 is 5.32 Å². The van der Waals surface area contributed by atoms with Crippen LogP contribution in [0.4, 0.5) is 0 Å². The zero-order valence-electron chi connectivity index (χ0n) is 21.0. The third-order valence-corrected chi connectivity index (χ3v) is 8.15. The molecule has 5 nitrogen and oxygen atoms in total. The molecular weight excluding hydrogens is 410 g/mol. The summed E-state index contributed by atoms with van der Waals surface area (Å²) in [5, 5.41) is 3.29. The fraction of sp³-hybridized carbons (Fsp3) is 0.714. The van der Waals surface area contributed by atoms with Gasteiger partial charge in [0.15, 0.2) is 0 Å². The molecular formula is C28H45N3O2. The predicted octanol–water partition coefficient (Wildman–Crippen LogP) is 5.06. The monoisotopic (exact) mass is 455 g/mol. The minimum absolute atomic E-state index is 0. The Morgan fingerprint density at radius 3 is 2.61 bits per heavy atom. The van der Waals surface area contributed by atoms with Gasteiger partial charge in [0.1, 0.15) is 0 Å². The molecule has 2 heterocycles. The molecule has 1 aromatic rings. The summed E-state index contributed by atoms with van der Waals surface area (Å²) in [5.41, 5.74) is 3.37. The van der Waals surface area contributed by atoms with Gasteiger partial charge in [0.25, 0.3) is 0 Å². The van der Waals surface area contributed by atoms with Crippen LogP contribution in [0.3, 0.4) is 0 Å². The maximum atomic E-state index is 12.9. The van der Waals surface area contributed by atoms with Gasteiger partial charge in [0.05, 0.1) is 12.6 Å². The van der Waals surface area contributed by atoms with Gasteiger partial charge in [-0.15, -0.1) is 0 Å². The Morgan fingerprint density at radius 2 is 1.85 bits per heavy atom. The number of hydrogen-bond acceptors (Lipinski definition) is 3. The summed E-state index contributed by atoms with van der Waals surface area (Å²) in [7, 11) is 0. The topological polar surface area (TPSA) is 52.7 Å². The standard InChI is InChI=1S/C28H43N3O2.H2/c1-27(2,3)14-18-30-19-15-28(16-20-30)13-12-24(22-9-6-7-10-23(22)28)29-25(32)21-31-17-8-4-5-11-26(31)33;/h6-7,9-10,24H,4-5,8,11-21H2,1-3H3,(H,29,32);1H/t24-;/m1./s1. The van der Waals surface area contributed by atoms with Crippen molar-refractivity contribution in [1.82, 2.24) is 15.1 Å². The van der Waals surface area contributed by atoms with Gasteiger partial charge in [-0.1, -0.05) is 51.5 Å². The number of rotatable bonds is 5. The first-order chi connectivity index (χ1) is 15.8. The lowest BCUT2D eigenvalue weighted by molar-refractivity contribution is -0.135. The van der Waals surface area contributed by atoms with Crippen molar-refractivity contribution < 1.29 is 11.0 Å². The molecule has 2 amide bonds. The van der Waals surface area contributed by atoms with Gasteiger partial charge in [-0.25, -0.2) is 0 Å². The lowest BCUT2D eigenvalue weighted by Gasteiger charge is -2.47. The molecule has 3 aliphatic rings. The van der Waals surface area contributed by atoms with Gasteiger partial charge < -0.3 is 15.1 Å². The van der Waals surface area contributed by atoms with Crippen LogP contribution in [0, 0.1) is 5.41 Å². The van der Waals surface area contributed by atoms with E-state index < -0.39 is 0 Å². The highest BCUT2D eigenvalue weighted by atomic mass is 16.2. The van der Waals surface area contributed by atoms with E-state index in [-0.39, 0.29) is 31.2 Å². The summed E-state index contributed by atoms with van der Waals surface area (Å²) >= 11 is 0. The average Bonchev–Trinajstić information content (AvgIpc) is 2.99. The highest BCUT2D eigenvalue weighted by Gasteiger charge is 2.42. The molecule has 1 atom stereocenters. The molecule has 2 saturated heterocycles. The zero-order chi connectivity index (χ0) is 23.5. The van der Waals surface area contributed by atoms with E-state index in [4.69, 9.17) is 0 Å². The molecule has 1 N–H and O–H groups in total. The molecule has 33 heavy (non-hydrogen) atoms. The van der Waals surface area contributed by atoms with E-state index in [1.54, 1.807) is 4.90 Å². The van der Waals surface area contributed by atoms with E-state index in [1.807, 2.05) is 0 Å². The van der Waals surface area contributed by atoms with Crippen LogP contribution >= 0.6 is 0 Å². The summed E-state index contributed by atoms with van der Waals surface area (Å²) in [6.45, 7) is 11.4. The van der Waals surface area contributed by atoms with Crippen molar-refractivity contribution in [1.29, 1.82) is 0 Å². The molecule has 5 heteroatoms. The second-order valence-electron chi connectivity index (χ2n) is 11.8. The Bertz CT molecular complexity index is 842.